The summed E-state index contributed by atoms with van der Waals surface area (Å²) >= 11 is 5.33. The summed E-state index contributed by atoms with van der Waals surface area (Å²) in [5, 5.41) is 10.5. The highest BCUT2D eigenvalue weighted by atomic mass is 32.1. The number of aromatic hydroxyl groups is 1. The highest BCUT2D eigenvalue weighted by molar-refractivity contribution is 7.71. The van der Waals surface area contributed by atoms with Crippen LogP contribution in [0.4, 0.5) is 4.79 Å². The van der Waals surface area contributed by atoms with Gasteiger partial charge >= 0.3 is 6.09 Å². The first-order valence-electron chi connectivity index (χ1n) is 13.2. The molecule has 1 aromatic carbocycles. The van der Waals surface area contributed by atoms with Crippen molar-refractivity contribution < 1.29 is 24.1 Å². The second-order valence-corrected chi connectivity index (χ2v) is 10.2. The van der Waals surface area contributed by atoms with Crippen LogP contribution in [0.5, 0.6) is 29.0 Å². The Balaban J connectivity index is 1.07. The van der Waals surface area contributed by atoms with Crippen molar-refractivity contribution in [2.45, 2.75) is 32.6 Å². The molecule has 10 nitrogen and oxygen atoms in total. The SMILES string of the molecule is CC(C)c1[nH]c(=S)n(-c2ccc(OC(=O)N3CCC(COc4ccc(Oc5ccccn5)cc4)CC3)cn2)c1O. The van der Waals surface area contributed by atoms with Crippen molar-refractivity contribution in [1.29, 1.82) is 0 Å². The largest absolute Gasteiger partial charge is 0.493 e. The van der Waals surface area contributed by atoms with Crippen LogP contribution in [0.2, 0.25) is 0 Å². The predicted molar refractivity (Wildman–Crippen MR) is 151 cm³/mol. The quantitative estimate of drug-likeness (QED) is 0.243. The molecule has 2 N–H and O–H groups in total. The Kier molecular flexibility index (Phi) is 8.30. The number of hydrogen-bond donors (Lipinski definition) is 2. The molecule has 1 aliphatic rings. The highest BCUT2D eigenvalue weighted by Crippen LogP contribution is 2.28. The molecule has 1 aliphatic heterocycles. The second kappa shape index (κ2) is 12.2. The molecular weight excluding hydrogens is 530 g/mol. The van der Waals surface area contributed by atoms with E-state index in [1.165, 1.54) is 10.8 Å². The van der Waals surface area contributed by atoms with Crippen LogP contribution in [-0.4, -0.2) is 55.3 Å². The zero-order valence-corrected chi connectivity index (χ0v) is 23.1. The van der Waals surface area contributed by atoms with Crippen molar-refractivity contribution in [3.8, 4) is 34.8 Å². The number of nitrogens with zero attached hydrogens (tertiary/aromatic N) is 4. The molecule has 1 amide bonds. The van der Waals surface area contributed by atoms with Crippen LogP contribution < -0.4 is 14.2 Å². The van der Waals surface area contributed by atoms with E-state index in [0.29, 0.717) is 59.3 Å². The number of piperidine rings is 1. The Morgan fingerprint density at radius 1 is 1.05 bits per heavy atom. The number of likely N-dealkylation sites (tertiary alicyclic amines) is 1. The molecule has 0 radical (unpaired) electrons. The monoisotopic (exact) mass is 561 g/mol. The van der Waals surface area contributed by atoms with E-state index in [1.54, 1.807) is 29.3 Å². The van der Waals surface area contributed by atoms with E-state index < -0.39 is 6.09 Å². The number of pyridine rings is 2. The maximum absolute atomic E-state index is 12.7. The summed E-state index contributed by atoms with van der Waals surface area (Å²) in [4.78, 5) is 25.9. The molecule has 0 unspecified atom stereocenters. The summed E-state index contributed by atoms with van der Waals surface area (Å²) in [6.45, 7) is 5.65. The summed E-state index contributed by atoms with van der Waals surface area (Å²) < 4.78 is 19.0. The summed E-state index contributed by atoms with van der Waals surface area (Å²) in [6.07, 6.45) is 4.35. The Morgan fingerprint density at radius 2 is 1.77 bits per heavy atom. The van der Waals surface area contributed by atoms with E-state index >= 15 is 0 Å². The maximum atomic E-state index is 12.7. The molecule has 5 rings (SSSR count). The molecule has 3 aromatic heterocycles. The van der Waals surface area contributed by atoms with Crippen LogP contribution in [0.1, 0.15) is 38.3 Å². The average Bonchev–Trinajstić information content (AvgIpc) is 3.27. The van der Waals surface area contributed by atoms with Crippen LogP contribution in [0.25, 0.3) is 5.82 Å². The van der Waals surface area contributed by atoms with Crippen LogP contribution in [0, 0.1) is 10.7 Å². The van der Waals surface area contributed by atoms with Gasteiger partial charge in [0.25, 0.3) is 0 Å². The molecular formula is C29H31N5O5S. The normalized spacial score (nSPS) is 13.8. The number of aromatic amines is 1. The van der Waals surface area contributed by atoms with E-state index in [1.807, 2.05) is 50.2 Å². The molecule has 0 saturated carbocycles. The molecule has 0 atom stereocenters. The molecule has 1 saturated heterocycles. The molecule has 1 fully saturated rings. The van der Waals surface area contributed by atoms with Gasteiger partial charge in [-0.2, -0.15) is 0 Å². The van der Waals surface area contributed by atoms with E-state index in [2.05, 4.69) is 15.0 Å². The Morgan fingerprint density at radius 3 is 2.40 bits per heavy atom. The van der Waals surface area contributed by atoms with Gasteiger partial charge in [-0.3, -0.25) is 0 Å². The number of carbonyl (C=O) groups is 1. The standard InChI is InChI=1S/C29H31N5O5S/c1-19(2)26-27(35)34(28(40)32-26)24-11-10-23(17-31-24)39-29(36)33-15-12-20(13-16-33)18-37-21-6-8-22(9-7-21)38-25-5-3-4-14-30-25/h3-11,14,17,19-20,35H,12-13,15-16,18H2,1-2H3,(H,32,40). The lowest BCUT2D eigenvalue weighted by Crippen LogP contribution is -2.41. The van der Waals surface area contributed by atoms with E-state index in [0.717, 1.165) is 18.6 Å². The molecule has 4 aromatic rings. The lowest BCUT2D eigenvalue weighted by Gasteiger charge is -2.31. The van der Waals surface area contributed by atoms with Gasteiger partial charge in [-0.05, 0) is 79.4 Å². The van der Waals surface area contributed by atoms with Crippen LogP contribution in [0.3, 0.4) is 0 Å². The Labute approximate surface area is 237 Å². The number of benzene rings is 1. The number of carbonyl (C=O) groups excluding carboxylic acids is 1. The van der Waals surface area contributed by atoms with E-state index in [4.69, 9.17) is 26.4 Å². The van der Waals surface area contributed by atoms with Gasteiger partial charge in [0, 0.05) is 25.4 Å². The number of hydrogen-bond acceptors (Lipinski definition) is 8. The Hall–Kier alpha value is -4.38. The van der Waals surface area contributed by atoms with Gasteiger partial charge in [0.15, 0.2) is 10.5 Å². The summed E-state index contributed by atoms with van der Waals surface area (Å²) in [5.74, 6) is 3.18. The lowest BCUT2D eigenvalue weighted by molar-refractivity contribution is 0.117. The number of aromatic nitrogens is 4. The minimum Gasteiger partial charge on any atom is -0.493 e. The number of ether oxygens (including phenoxy) is 3. The first kappa shape index (κ1) is 27.2. The summed E-state index contributed by atoms with van der Waals surface area (Å²) in [5.41, 5.74) is 0.639. The minimum absolute atomic E-state index is 0.0238. The van der Waals surface area contributed by atoms with Crippen LogP contribution in [-0.2, 0) is 0 Å². The summed E-state index contributed by atoms with van der Waals surface area (Å²) in [7, 11) is 0. The number of H-pyrrole nitrogens is 1. The molecule has 40 heavy (non-hydrogen) atoms. The van der Waals surface area contributed by atoms with E-state index in [9.17, 15) is 9.90 Å². The van der Waals surface area contributed by atoms with Crippen molar-refractivity contribution >= 4 is 18.3 Å². The first-order chi connectivity index (χ1) is 19.4. The van der Waals surface area contributed by atoms with Crippen LogP contribution >= 0.6 is 12.2 Å². The number of amides is 1. The highest BCUT2D eigenvalue weighted by Gasteiger charge is 2.25. The predicted octanol–water partition coefficient (Wildman–Crippen LogP) is 6.24. The molecule has 0 spiro atoms. The maximum Gasteiger partial charge on any atom is 0.415 e. The minimum atomic E-state index is -0.416. The first-order valence-corrected chi connectivity index (χ1v) is 13.6. The zero-order chi connectivity index (χ0) is 28.1. The average molecular weight is 562 g/mol. The molecule has 0 aliphatic carbocycles. The van der Waals surface area contributed by atoms with Gasteiger partial charge in [-0.25, -0.2) is 19.3 Å². The molecule has 11 heteroatoms. The topological polar surface area (TPSA) is 115 Å². The van der Waals surface area contributed by atoms with Crippen molar-refractivity contribution in [2.75, 3.05) is 19.7 Å². The van der Waals surface area contributed by atoms with Crippen molar-refractivity contribution in [3.63, 3.8) is 0 Å². The third kappa shape index (κ3) is 6.42. The number of imidazole rings is 1. The van der Waals surface area contributed by atoms with Crippen molar-refractivity contribution in [1.82, 2.24) is 24.4 Å². The number of nitrogens with one attached hydrogen (secondary N) is 1. The third-order valence-corrected chi connectivity index (χ3v) is 6.96. The fourth-order valence-electron chi connectivity index (χ4n) is 4.42. The number of rotatable bonds is 8. The van der Waals surface area contributed by atoms with Crippen molar-refractivity contribution in [3.05, 3.63) is 77.5 Å². The van der Waals surface area contributed by atoms with Gasteiger partial charge in [0.05, 0.1) is 18.5 Å². The molecule has 208 valence electrons. The smallest absolute Gasteiger partial charge is 0.415 e. The second-order valence-electron chi connectivity index (χ2n) is 9.86. The summed E-state index contributed by atoms with van der Waals surface area (Å²) in [6, 6.07) is 16.2. The van der Waals surface area contributed by atoms with Gasteiger partial charge in [0.2, 0.25) is 11.8 Å². The molecule has 4 heterocycles. The Bertz CT molecular complexity index is 1480. The van der Waals surface area contributed by atoms with Gasteiger partial charge in [-0.15, -0.1) is 0 Å². The van der Waals surface area contributed by atoms with Crippen LogP contribution in [0.15, 0.2) is 67.0 Å². The van der Waals surface area contributed by atoms with Gasteiger partial charge < -0.3 is 29.2 Å². The fraction of sp³-hybridized carbons (Fsp3) is 0.310. The zero-order valence-electron chi connectivity index (χ0n) is 22.3. The van der Waals surface area contributed by atoms with Gasteiger partial charge in [-0.1, -0.05) is 19.9 Å². The van der Waals surface area contributed by atoms with Gasteiger partial charge in [0.1, 0.15) is 17.3 Å². The lowest BCUT2D eigenvalue weighted by atomic mass is 9.98. The van der Waals surface area contributed by atoms with E-state index in [-0.39, 0.29) is 11.8 Å². The third-order valence-electron chi connectivity index (χ3n) is 6.67. The van der Waals surface area contributed by atoms with Crippen molar-refractivity contribution in [2.24, 2.45) is 5.92 Å². The fourth-order valence-corrected chi connectivity index (χ4v) is 4.71. The molecule has 0 bridgehead atoms.